The summed E-state index contributed by atoms with van der Waals surface area (Å²) in [5.74, 6) is -0.0545. The Hall–Kier alpha value is -2.92. The van der Waals surface area contributed by atoms with Crippen LogP contribution in [0.4, 0.5) is 0 Å². The van der Waals surface area contributed by atoms with Crippen molar-refractivity contribution >= 4 is 23.1 Å². The molecule has 0 amide bonds. The highest BCUT2D eigenvalue weighted by Crippen LogP contribution is 2.22. The van der Waals surface area contributed by atoms with Gasteiger partial charge in [-0.3, -0.25) is 4.79 Å². The molecule has 0 atom stereocenters. The quantitative estimate of drug-likeness (QED) is 0.471. The second kappa shape index (κ2) is 7.97. The lowest BCUT2D eigenvalue weighted by atomic mass is 10.0. The molecule has 3 rings (SSSR count). The van der Waals surface area contributed by atoms with Gasteiger partial charge in [-0.15, -0.1) is 11.3 Å². The smallest absolute Gasteiger partial charge is 0.339 e. The Morgan fingerprint density at radius 2 is 1.77 bits per heavy atom. The summed E-state index contributed by atoms with van der Waals surface area (Å²) in [7, 11) is 1.57. The largest absolute Gasteiger partial charge is 0.496 e. The van der Waals surface area contributed by atoms with Gasteiger partial charge in [0.2, 0.25) is 5.78 Å². The number of thiophene rings is 1. The first-order valence-electron chi connectivity index (χ1n) is 8.08. The summed E-state index contributed by atoms with van der Waals surface area (Å²) >= 11 is 1.34. The fourth-order valence-corrected chi connectivity index (χ4v) is 3.32. The second-order valence-electron chi connectivity index (χ2n) is 5.74. The van der Waals surface area contributed by atoms with E-state index in [1.165, 1.54) is 11.3 Å². The Morgan fingerprint density at radius 3 is 2.46 bits per heavy atom. The van der Waals surface area contributed by atoms with Crippen LogP contribution in [-0.4, -0.2) is 18.9 Å². The average Bonchev–Trinajstić information content (AvgIpc) is 3.20. The van der Waals surface area contributed by atoms with E-state index in [1.807, 2.05) is 36.6 Å². The van der Waals surface area contributed by atoms with Crippen LogP contribution >= 0.6 is 11.3 Å². The number of benzene rings is 2. The van der Waals surface area contributed by atoms with E-state index in [1.54, 1.807) is 37.4 Å². The minimum absolute atomic E-state index is 0.0746. The van der Waals surface area contributed by atoms with Crippen LogP contribution < -0.4 is 4.74 Å². The first-order chi connectivity index (χ1) is 12.6. The first kappa shape index (κ1) is 17.9. The Kier molecular flexibility index (Phi) is 5.49. The number of carbonyl (C=O) groups excluding carboxylic acids is 2. The zero-order valence-electron chi connectivity index (χ0n) is 14.5. The molecule has 0 bridgehead atoms. The molecule has 132 valence electrons. The minimum Gasteiger partial charge on any atom is -0.496 e. The SMILES string of the molecule is COc1ccc(C)cc1COC(=O)c1ccccc1C(=O)c1cccs1. The van der Waals surface area contributed by atoms with Gasteiger partial charge in [-0.2, -0.15) is 0 Å². The van der Waals surface area contributed by atoms with Crippen LogP contribution in [0.15, 0.2) is 60.0 Å². The van der Waals surface area contributed by atoms with Gasteiger partial charge in [-0.25, -0.2) is 4.79 Å². The van der Waals surface area contributed by atoms with E-state index < -0.39 is 5.97 Å². The van der Waals surface area contributed by atoms with Crippen LogP contribution in [0, 0.1) is 6.92 Å². The molecule has 1 heterocycles. The van der Waals surface area contributed by atoms with E-state index in [9.17, 15) is 9.59 Å². The molecular formula is C21H18O4S. The van der Waals surface area contributed by atoms with Gasteiger partial charge in [0.05, 0.1) is 17.6 Å². The summed E-state index contributed by atoms with van der Waals surface area (Å²) < 4.78 is 10.8. The standard InChI is InChI=1S/C21H18O4S/c1-14-9-10-18(24-2)15(12-14)13-25-21(23)17-7-4-3-6-16(17)20(22)19-8-5-11-26-19/h3-12H,13H2,1-2H3. The number of aryl methyl sites for hydroxylation is 1. The van der Waals surface area contributed by atoms with Gasteiger partial charge in [-0.1, -0.05) is 35.9 Å². The lowest BCUT2D eigenvalue weighted by Crippen LogP contribution is -2.12. The van der Waals surface area contributed by atoms with E-state index in [4.69, 9.17) is 9.47 Å². The van der Waals surface area contributed by atoms with Crippen LogP contribution in [0.5, 0.6) is 5.75 Å². The van der Waals surface area contributed by atoms with Crippen molar-refractivity contribution in [2.75, 3.05) is 7.11 Å². The predicted octanol–water partition coefficient (Wildman–Crippen LogP) is 4.65. The maximum atomic E-state index is 12.6. The number of ketones is 1. The van der Waals surface area contributed by atoms with Crippen molar-refractivity contribution in [2.24, 2.45) is 0 Å². The van der Waals surface area contributed by atoms with Gasteiger partial charge in [0.1, 0.15) is 12.4 Å². The molecule has 0 aliphatic heterocycles. The molecule has 0 saturated heterocycles. The third kappa shape index (κ3) is 3.83. The lowest BCUT2D eigenvalue weighted by Gasteiger charge is -2.11. The molecule has 5 heteroatoms. The number of esters is 1. The van der Waals surface area contributed by atoms with Gasteiger partial charge in [0, 0.05) is 11.1 Å². The Bertz CT molecular complexity index is 929. The van der Waals surface area contributed by atoms with Gasteiger partial charge < -0.3 is 9.47 Å². The molecule has 0 saturated carbocycles. The highest BCUT2D eigenvalue weighted by atomic mass is 32.1. The van der Waals surface area contributed by atoms with Crippen molar-refractivity contribution in [1.29, 1.82) is 0 Å². The van der Waals surface area contributed by atoms with Crippen molar-refractivity contribution < 1.29 is 19.1 Å². The number of methoxy groups -OCH3 is 1. The van der Waals surface area contributed by atoms with Gasteiger partial charge in [-0.05, 0) is 36.6 Å². The van der Waals surface area contributed by atoms with Crippen LogP contribution in [0.1, 0.15) is 36.7 Å². The van der Waals surface area contributed by atoms with Gasteiger partial charge in [0.15, 0.2) is 0 Å². The highest BCUT2D eigenvalue weighted by Gasteiger charge is 2.20. The monoisotopic (exact) mass is 366 g/mol. The molecule has 2 aromatic carbocycles. The number of hydrogen-bond donors (Lipinski definition) is 0. The lowest BCUT2D eigenvalue weighted by molar-refractivity contribution is 0.0467. The second-order valence-corrected chi connectivity index (χ2v) is 6.69. The number of carbonyl (C=O) groups is 2. The van der Waals surface area contributed by atoms with Crippen LogP contribution in [0.3, 0.4) is 0 Å². The topological polar surface area (TPSA) is 52.6 Å². The molecule has 0 N–H and O–H groups in total. The number of ether oxygens (including phenoxy) is 2. The summed E-state index contributed by atoms with van der Waals surface area (Å²) in [6.07, 6.45) is 0. The number of hydrogen-bond acceptors (Lipinski definition) is 5. The zero-order valence-corrected chi connectivity index (χ0v) is 15.3. The molecule has 0 aliphatic rings. The molecule has 0 spiro atoms. The van der Waals surface area contributed by atoms with Crippen LogP contribution in [-0.2, 0) is 11.3 Å². The Labute approximate surface area is 156 Å². The summed E-state index contributed by atoms with van der Waals surface area (Å²) in [6, 6.07) is 15.9. The normalized spacial score (nSPS) is 10.4. The highest BCUT2D eigenvalue weighted by molar-refractivity contribution is 7.12. The van der Waals surface area contributed by atoms with Crippen LogP contribution in [0.2, 0.25) is 0 Å². The van der Waals surface area contributed by atoms with Crippen molar-refractivity contribution in [3.63, 3.8) is 0 Å². The molecule has 0 aliphatic carbocycles. The van der Waals surface area contributed by atoms with E-state index >= 15 is 0 Å². The van der Waals surface area contributed by atoms with Gasteiger partial charge in [0.25, 0.3) is 0 Å². The summed E-state index contributed by atoms with van der Waals surface area (Å²) in [5.41, 5.74) is 2.43. The van der Waals surface area contributed by atoms with Crippen molar-refractivity contribution in [3.8, 4) is 5.75 Å². The van der Waals surface area contributed by atoms with Crippen molar-refractivity contribution in [3.05, 3.63) is 87.1 Å². The van der Waals surface area contributed by atoms with E-state index in [2.05, 4.69) is 0 Å². The molecule has 1 aromatic heterocycles. The van der Waals surface area contributed by atoms with Gasteiger partial charge >= 0.3 is 5.97 Å². The molecule has 0 unspecified atom stereocenters. The number of rotatable bonds is 6. The Morgan fingerprint density at radius 1 is 1.00 bits per heavy atom. The van der Waals surface area contributed by atoms with Crippen molar-refractivity contribution in [1.82, 2.24) is 0 Å². The summed E-state index contributed by atoms with van der Waals surface area (Å²) in [6.45, 7) is 2.03. The van der Waals surface area contributed by atoms with E-state index in [0.717, 1.165) is 11.1 Å². The maximum Gasteiger partial charge on any atom is 0.339 e. The Balaban J connectivity index is 1.81. The maximum absolute atomic E-state index is 12.6. The van der Waals surface area contributed by atoms with E-state index in [-0.39, 0.29) is 18.0 Å². The molecule has 26 heavy (non-hydrogen) atoms. The molecule has 3 aromatic rings. The predicted molar refractivity (Wildman–Crippen MR) is 101 cm³/mol. The third-order valence-corrected chi connectivity index (χ3v) is 4.80. The zero-order chi connectivity index (χ0) is 18.5. The third-order valence-electron chi connectivity index (χ3n) is 3.93. The first-order valence-corrected chi connectivity index (χ1v) is 8.96. The minimum atomic E-state index is -0.533. The molecular weight excluding hydrogens is 348 g/mol. The summed E-state index contributed by atoms with van der Waals surface area (Å²) in [5, 5.41) is 1.83. The molecule has 0 radical (unpaired) electrons. The van der Waals surface area contributed by atoms with Crippen molar-refractivity contribution in [2.45, 2.75) is 13.5 Å². The van der Waals surface area contributed by atoms with Crippen LogP contribution in [0.25, 0.3) is 0 Å². The summed E-state index contributed by atoms with van der Waals surface area (Å²) in [4.78, 5) is 25.8. The average molecular weight is 366 g/mol. The molecule has 4 nitrogen and oxygen atoms in total. The van der Waals surface area contributed by atoms with E-state index in [0.29, 0.717) is 16.2 Å². The fraction of sp³-hybridized carbons (Fsp3) is 0.143. The molecule has 0 fully saturated rings. The fourth-order valence-electron chi connectivity index (χ4n) is 2.64.